The number of sulfonamides is 1. The minimum atomic E-state index is -3.80. The quantitative estimate of drug-likeness (QED) is 0.314. The monoisotopic (exact) mass is 613 g/mol. The van der Waals surface area contributed by atoms with Gasteiger partial charge in [0.15, 0.2) is 0 Å². The van der Waals surface area contributed by atoms with E-state index in [9.17, 15) is 18.0 Å². The van der Waals surface area contributed by atoms with Gasteiger partial charge in [-0.15, -0.1) is 0 Å². The van der Waals surface area contributed by atoms with Gasteiger partial charge in [-0.05, 0) is 48.2 Å². The second kappa shape index (κ2) is 13.8. The molecule has 9 heteroatoms. The molecule has 0 heterocycles. The first kappa shape index (κ1) is 30.4. The Morgan fingerprint density at radius 3 is 2.15 bits per heavy atom. The van der Waals surface area contributed by atoms with Crippen LogP contribution in [0.4, 0.5) is 5.69 Å². The summed E-state index contributed by atoms with van der Waals surface area (Å²) in [4.78, 5) is 29.1. The molecule has 0 aliphatic carbocycles. The van der Waals surface area contributed by atoms with Crippen LogP contribution in [-0.4, -0.2) is 50.5 Å². The SMILES string of the molecule is Cc1cccc(CN(C(=O)CN(c2ccc(Br)cc2)S(C)(=O)=O)C(Cc2ccccc2)C(=O)NCC(C)C)c1. The number of aryl methyl sites for hydroxylation is 1. The van der Waals surface area contributed by atoms with E-state index in [2.05, 4.69) is 21.2 Å². The number of benzene rings is 3. The highest BCUT2D eigenvalue weighted by Gasteiger charge is 2.33. The van der Waals surface area contributed by atoms with Crippen molar-refractivity contribution in [2.45, 2.75) is 39.8 Å². The molecule has 208 valence electrons. The molecule has 3 aromatic carbocycles. The van der Waals surface area contributed by atoms with E-state index < -0.39 is 28.5 Å². The molecule has 1 N–H and O–H groups in total. The van der Waals surface area contributed by atoms with Gasteiger partial charge in [0.25, 0.3) is 0 Å². The third-order valence-electron chi connectivity index (χ3n) is 6.18. The van der Waals surface area contributed by atoms with Gasteiger partial charge < -0.3 is 10.2 Å². The summed E-state index contributed by atoms with van der Waals surface area (Å²) in [7, 11) is -3.80. The lowest BCUT2D eigenvalue weighted by atomic mass is 10.0. The maximum Gasteiger partial charge on any atom is 0.244 e. The van der Waals surface area contributed by atoms with E-state index in [0.717, 1.165) is 31.7 Å². The number of halogens is 1. The van der Waals surface area contributed by atoms with Gasteiger partial charge in [0.1, 0.15) is 12.6 Å². The number of carbonyl (C=O) groups excluding carboxylic acids is 2. The second-order valence-corrected chi connectivity index (χ2v) is 12.9. The zero-order valence-electron chi connectivity index (χ0n) is 22.8. The normalized spacial score (nSPS) is 12.2. The van der Waals surface area contributed by atoms with Crippen molar-refractivity contribution in [3.63, 3.8) is 0 Å². The van der Waals surface area contributed by atoms with Gasteiger partial charge in [0.05, 0.1) is 11.9 Å². The van der Waals surface area contributed by atoms with E-state index in [1.54, 1.807) is 24.3 Å². The standard InChI is InChI=1S/C30H36BrN3O4S/c1-22(2)19-32-30(36)28(18-24-10-6-5-7-11-24)33(20-25-12-8-9-23(3)17-25)29(35)21-34(39(4,37)38)27-15-13-26(31)14-16-27/h5-17,22,28H,18-21H2,1-4H3,(H,32,36). The number of rotatable bonds is 12. The van der Waals surface area contributed by atoms with E-state index >= 15 is 0 Å². The molecule has 0 fully saturated rings. The second-order valence-electron chi connectivity index (χ2n) is 10.1. The summed E-state index contributed by atoms with van der Waals surface area (Å²) < 4.78 is 27.5. The number of hydrogen-bond acceptors (Lipinski definition) is 4. The molecule has 0 saturated carbocycles. The molecule has 0 radical (unpaired) electrons. The number of nitrogens with zero attached hydrogens (tertiary/aromatic N) is 2. The molecule has 3 rings (SSSR count). The molecule has 3 aromatic rings. The zero-order valence-corrected chi connectivity index (χ0v) is 25.2. The third-order valence-corrected chi connectivity index (χ3v) is 7.85. The summed E-state index contributed by atoms with van der Waals surface area (Å²) in [6.45, 7) is 6.16. The fraction of sp³-hybridized carbons (Fsp3) is 0.333. The van der Waals surface area contributed by atoms with Crippen molar-refractivity contribution < 1.29 is 18.0 Å². The van der Waals surface area contributed by atoms with E-state index in [1.807, 2.05) is 75.4 Å². The molecule has 7 nitrogen and oxygen atoms in total. The van der Waals surface area contributed by atoms with Crippen molar-refractivity contribution in [2.75, 3.05) is 23.7 Å². The van der Waals surface area contributed by atoms with Crippen LogP contribution in [0.25, 0.3) is 0 Å². The molecule has 0 saturated heterocycles. The van der Waals surface area contributed by atoms with Crippen molar-refractivity contribution in [2.24, 2.45) is 5.92 Å². The van der Waals surface area contributed by atoms with Crippen LogP contribution in [0.1, 0.15) is 30.5 Å². The van der Waals surface area contributed by atoms with E-state index in [0.29, 0.717) is 18.7 Å². The molecule has 1 unspecified atom stereocenters. The Bertz CT molecular complexity index is 1360. The third kappa shape index (κ3) is 9.21. The van der Waals surface area contributed by atoms with Crippen LogP contribution in [0, 0.1) is 12.8 Å². The van der Waals surface area contributed by atoms with Gasteiger partial charge in [0.2, 0.25) is 21.8 Å². The molecule has 2 amide bonds. The predicted molar refractivity (Wildman–Crippen MR) is 160 cm³/mol. The molecule has 0 aliphatic heterocycles. The Balaban J connectivity index is 2.04. The van der Waals surface area contributed by atoms with Crippen molar-refractivity contribution in [3.8, 4) is 0 Å². The molecule has 0 bridgehead atoms. The Kier molecular flexibility index (Phi) is 10.7. The smallest absolute Gasteiger partial charge is 0.244 e. The molecule has 39 heavy (non-hydrogen) atoms. The lowest BCUT2D eigenvalue weighted by molar-refractivity contribution is -0.140. The van der Waals surface area contributed by atoms with E-state index in [1.165, 1.54) is 4.90 Å². The Hall–Kier alpha value is -3.17. The van der Waals surface area contributed by atoms with Gasteiger partial charge in [-0.2, -0.15) is 0 Å². The van der Waals surface area contributed by atoms with Gasteiger partial charge in [-0.1, -0.05) is 89.9 Å². The largest absolute Gasteiger partial charge is 0.354 e. The highest BCUT2D eigenvalue weighted by atomic mass is 79.9. The topological polar surface area (TPSA) is 86.8 Å². The van der Waals surface area contributed by atoms with Crippen LogP contribution in [0.5, 0.6) is 0 Å². The minimum absolute atomic E-state index is 0.158. The van der Waals surface area contributed by atoms with Crippen molar-refractivity contribution >= 4 is 43.5 Å². The van der Waals surface area contributed by atoms with Crippen LogP contribution in [0.15, 0.2) is 83.3 Å². The average Bonchev–Trinajstić information content (AvgIpc) is 2.88. The number of amides is 2. The Labute approximate surface area is 240 Å². The summed E-state index contributed by atoms with van der Waals surface area (Å²) in [6, 6.07) is 23.1. The highest BCUT2D eigenvalue weighted by molar-refractivity contribution is 9.10. The van der Waals surface area contributed by atoms with Crippen LogP contribution < -0.4 is 9.62 Å². The molecule has 1 atom stereocenters. The Morgan fingerprint density at radius 2 is 1.56 bits per heavy atom. The average molecular weight is 615 g/mol. The molecule has 0 aromatic heterocycles. The first-order valence-corrected chi connectivity index (χ1v) is 15.5. The summed E-state index contributed by atoms with van der Waals surface area (Å²) in [5.74, 6) is -0.515. The number of hydrogen-bond donors (Lipinski definition) is 1. The number of carbonyl (C=O) groups is 2. The maximum absolute atomic E-state index is 14.0. The van der Waals surface area contributed by atoms with E-state index in [-0.39, 0.29) is 18.4 Å². The fourth-order valence-electron chi connectivity index (χ4n) is 4.20. The summed E-state index contributed by atoms with van der Waals surface area (Å²) in [5, 5.41) is 2.99. The van der Waals surface area contributed by atoms with Crippen LogP contribution in [0.3, 0.4) is 0 Å². The first-order valence-electron chi connectivity index (χ1n) is 12.8. The van der Waals surface area contributed by atoms with Gasteiger partial charge in [-0.3, -0.25) is 13.9 Å². The van der Waals surface area contributed by atoms with Crippen LogP contribution in [-0.2, 0) is 32.6 Å². The van der Waals surface area contributed by atoms with Crippen LogP contribution >= 0.6 is 15.9 Å². The first-order chi connectivity index (χ1) is 18.4. The van der Waals surface area contributed by atoms with Gasteiger partial charge in [0, 0.05) is 24.0 Å². The lowest BCUT2D eigenvalue weighted by Gasteiger charge is -2.33. The van der Waals surface area contributed by atoms with Gasteiger partial charge in [-0.25, -0.2) is 8.42 Å². The van der Waals surface area contributed by atoms with Crippen LogP contribution in [0.2, 0.25) is 0 Å². The molecule has 0 spiro atoms. The zero-order chi connectivity index (χ0) is 28.6. The van der Waals surface area contributed by atoms with E-state index in [4.69, 9.17) is 0 Å². The number of anilines is 1. The predicted octanol–water partition coefficient (Wildman–Crippen LogP) is 4.94. The summed E-state index contributed by atoms with van der Waals surface area (Å²) in [5.41, 5.74) is 3.15. The fourth-order valence-corrected chi connectivity index (χ4v) is 5.32. The lowest BCUT2D eigenvalue weighted by Crippen LogP contribution is -2.53. The Morgan fingerprint density at radius 1 is 0.923 bits per heavy atom. The minimum Gasteiger partial charge on any atom is -0.354 e. The molecular weight excluding hydrogens is 578 g/mol. The molecule has 0 aliphatic rings. The van der Waals surface area contributed by atoms with Crippen molar-refractivity contribution in [3.05, 3.63) is 100 Å². The highest BCUT2D eigenvalue weighted by Crippen LogP contribution is 2.22. The van der Waals surface area contributed by atoms with Gasteiger partial charge >= 0.3 is 0 Å². The summed E-state index contributed by atoms with van der Waals surface area (Å²) >= 11 is 3.37. The number of nitrogens with one attached hydrogen (secondary N) is 1. The maximum atomic E-state index is 14.0. The van der Waals surface area contributed by atoms with Crippen molar-refractivity contribution in [1.82, 2.24) is 10.2 Å². The van der Waals surface area contributed by atoms with Crippen molar-refractivity contribution in [1.29, 1.82) is 0 Å². The summed E-state index contributed by atoms with van der Waals surface area (Å²) in [6.07, 6.45) is 1.36. The molecular formula is C30H36BrN3O4S.